The summed E-state index contributed by atoms with van der Waals surface area (Å²) < 4.78 is 4.82. The predicted molar refractivity (Wildman–Crippen MR) is 53.9 cm³/mol. The summed E-state index contributed by atoms with van der Waals surface area (Å²) in [6.45, 7) is 6.48. The maximum Gasteiger partial charge on any atom is 0.124 e. The fourth-order valence-electron chi connectivity index (χ4n) is 1.89. The number of hydrogen-bond acceptors (Lipinski definition) is 4. The van der Waals surface area contributed by atoms with Crippen molar-refractivity contribution >= 4 is 0 Å². The van der Waals surface area contributed by atoms with E-state index < -0.39 is 0 Å². The second kappa shape index (κ2) is 4.57. The number of nitrogens with zero attached hydrogens (tertiary/aromatic N) is 2. The molecule has 0 amide bonds. The van der Waals surface area contributed by atoms with Gasteiger partial charge >= 0.3 is 0 Å². The van der Waals surface area contributed by atoms with E-state index in [1.807, 2.05) is 6.07 Å². The molecule has 0 aliphatic carbocycles. The van der Waals surface area contributed by atoms with Gasteiger partial charge in [0.2, 0.25) is 0 Å². The third-order valence-corrected chi connectivity index (χ3v) is 2.55. The molecular formula is C10H17N3O. The maximum absolute atomic E-state index is 4.82. The van der Waals surface area contributed by atoms with Gasteiger partial charge in [-0.1, -0.05) is 5.16 Å². The summed E-state index contributed by atoms with van der Waals surface area (Å²) in [4.78, 5) is 2.42. The lowest BCUT2D eigenvalue weighted by Crippen LogP contribution is -2.34. The van der Waals surface area contributed by atoms with Crippen molar-refractivity contribution in [3.8, 4) is 0 Å². The van der Waals surface area contributed by atoms with Crippen LogP contribution < -0.4 is 5.32 Å². The van der Waals surface area contributed by atoms with Crippen LogP contribution in [0.3, 0.4) is 0 Å². The molecule has 1 aliphatic rings. The van der Waals surface area contributed by atoms with Crippen molar-refractivity contribution in [1.29, 1.82) is 0 Å². The van der Waals surface area contributed by atoms with Gasteiger partial charge < -0.3 is 9.84 Å². The molecule has 14 heavy (non-hydrogen) atoms. The second-order valence-corrected chi connectivity index (χ2v) is 3.93. The molecule has 1 fully saturated rings. The SMILES string of the molecule is CC1CN(Cc2ccon2)CCCN1. The molecule has 4 nitrogen and oxygen atoms in total. The number of aromatic nitrogens is 1. The molecule has 0 aromatic carbocycles. The Morgan fingerprint density at radius 2 is 2.64 bits per heavy atom. The number of nitrogens with one attached hydrogen (secondary N) is 1. The summed E-state index contributed by atoms with van der Waals surface area (Å²) in [5, 5.41) is 7.40. The van der Waals surface area contributed by atoms with Gasteiger partial charge in [-0.25, -0.2) is 0 Å². The minimum absolute atomic E-state index is 0.574. The van der Waals surface area contributed by atoms with E-state index in [-0.39, 0.29) is 0 Å². The standard InChI is InChI=1S/C10H17N3O/c1-9-7-13(5-2-4-11-9)8-10-3-6-14-12-10/h3,6,9,11H,2,4-5,7-8H2,1H3. The van der Waals surface area contributed by atoms with Gasteiger partial charge in [0.25, 0.3) is 0 Å². The van der Waals surface area contributed by atoms with Gasteiger partial charge in [-0.2, -0.15) is 0 Å². The Hall–Kier alpha value is -0.870. The van der Waals surface area contributed by atoms with E-state index in [2.05, 4.69) is 22.3 Å². The van der Waals surface area contributed by atoms with Crippen LogP contribution in [0.5, 0.6) is 0 Å². The van der Waals surface area contributed by atoms with E-state index in [4.69, 9.17) is 4.52 Å². The van der Waals surface area contributed by atoms with Gasteiger partial charge in [0.05, 0.1) is 5.69 Å². The zero-order valence-electron chi connectivity index (χ0n) is 8.57. The van der Waals surface area contributed by atoms with Crippen molar-refractivity contribution < 1.29 is 4.52 Å². The van der Waals surface area contributed by atoms with Gasteiger partial charge in [0.1, 0.15) is 6.26 Å². The Morgan fingerprint density at radius 3 is 3.43 bits per heavy atom. The average Bonchev–Trinajstić information content (AvgIpc) is 2.56. The van der Waals surface area contributed by atoms with Gasteiger partial charge in [0, 0.05) is 25.2 Å². The van der Waals surface area contributed by atoms with Crippen molar-refractivity contribution in [3.05, 3.63) is 18.0 Å². The van der Waals surface area contributed by atoms with Crippen LogP contribution in [-0.2, 0) is 6.54 Å². The molecule has 1 saturated heterocycles. The lowest BCUT2D eigenvalue weighted by atomic mass is 10.3. The zero-order chi connectivity index (χ0) is 9.80. The predicted octanol–water partition coefficient (Wildman–Crippen LogP) is 0.858. The molecule has 1 unspecified atom stereocenters. The van der Waals surface area contributed by atoms with Crippen molar-refractivity contribution in [1.82, 2.24) is 15.4 Å². The highest BCUT2D eigenvalue weighted by molar-refractivity contribution is 4.95. The fraction of sp³-hybridized carbons (Fsp3) is 0.700. The second-order valence-electron chi connectivity index (χ2n) is 3.93. The monoisotopic (exact) mass is 195 g/mol. The third-order valence-electron chi connectivity index (χ3n) is 2.55. The highest BCUT2D eigenvalue weighted by atomic mass is 16.5. The Morgan fingerprint density at radius 1 is 1.71 bits per heavy atom. The van der Waals surface area contributed by atoms with Crippen LogP contribution >= 0.6 is 0 Å². The highest BCUT2D eigenvalue weighted by Crippen LogP contribution is 2.06. The number of hydrogen-bond donors (Lipinski definition) is 1. The normalized spacial score (nSPS) is 24.8. The van der Waals surface area contributed by atoms with Crippen molar-refractivity contribution in [2.24, 2.45) is 0 Å². The van der Waals surface area contributed by atoms with Gasteiger partial charge in [-0.05, 0) is 26.4 Å². The molecule has 0 saturated carbocycles. The van der Waals surface area contributed by atoms with Crippen LogP contribution in [0, 0.1) is 0 Å². The first kappa shape index (κ1) is 9.68. The van der Waals surface area contributed by atoms with E-state index in [1.165, 1.54) is 6.42 Å². The van der Waals surface area contributed by atoms with Crippen LogP contribution in [0.1, 0.15) is 19.0 Å². The molecular weight excluding hydrogens is 178 g/mol. The first-order valence-electron chi connectivity index (χ1n) is 5.19. The van der Waals surface area contributed by atoms with Gasteiger partial charge in [-0.3, -0.25) is 4.90 Å². The first-order chi connectivity index (χ1) is 6.84. The summed E-state index contributed by atoms with van der Waals surface area (Å²) >= 11 is 0. The zero-order valence-corrected chi connectivity index (χ0v) is 8.57. The molecule has 0 bridgehead atoms. The third kappa shape index (κ3) is 2.56. The quantitative estimate of drug-likeness (QED) is 0.760. The Bertz CT molecular complexity index is 260. The largest absolute Gasteiger partial charge is 0.364 e. The van der Waals surface area contributed by atoms with Gasteiger partial charge in [0.15, 0.2) is 0 Å². The van der Waals surface area contributed by atoms with E-state index in [0.717, 1.165) is 31.9 Å². The van der Waals surface area contributed by atoms with Crippen molar-refractivity contribution in [3.63, 3.8) is 0 Å². The Kier molecular flexibility index (Phi) is 3.16. The highest BCUT2D eigenvalue weighted by Gasteiger charge is 2.14. The molecule has 1 aromatic rings. The van der Waals surface area contributed by atoms with Crippen molar-refractivity contribution in [2.75, 3.05) is 19.6 Å². The molecule has 0 spiro atoms. The average molecular weight is 195 g/mol. The van der Waals surface area contributed by atoms with E-state index in [9.17, 15) is 0 Å². The van der Waals surface area contributed by atoms with Crippen LogP contribution in [0.25, 0.3) is 0 Å². The minimum Gasteiger partial charge on any atom is -0.364 e. The molecule has 78 valence electrons. The lowest BCUT2D eigenvalue weighted by molar-refractivity contribution is 0.256. The molecule has 0 radical (unpaired) electrons. The topological polar surface area (TPSA) is 41.3 Å². The van der Waals surface area contributed by atoms with Crippen molar-refractivity contribution in [2.45, 2.75) is 25.9 Å². The molecule has 1 atom stereocenters. The summed E-state index contributed by atoms with van der Waals surface area (Å²) in [6.07, 6.45) is 2.84. The molecule has 2 rings (SSSR count). The molecule has 2 heterocycles. The molecule has 1 N–H and O–H groups in total. The van der Waals surface area contributed by atoms with Crippen LogP contribution in [-0.4, -0.2) is 35.7 Å². The number of rotatable bonds is 2. The van der Waals surface area contributed by atoms with Crippen LogP contribution in [0.15, 0.2) is 16.9 Å². The Balaban J connectivity index is 1.90. The van der Waals surface area contributed by atoms with E-state index >= 15 is 0 Å². The van der Waals surface area contributed by atoms with E-state index in [0.29, 0.717) is 6.04 Å². The summed E-state index contributed by atoms with van der Waals surface area (Å²) in [5.74, 6) is 0. The molecule has 1 aromatic heterocycles. The lowest BCUT2D eigenvalue weighted by Gasteiger charge is -2.20. The van der Waals surface area contributed by atoms with Crippen LogP contribution in [0.4, 0.5) is 0 Å². The summed E-state index contributed by atoms with van der Waals surface area (Å²) in [5.41, 5.74) is 1.03. The maximum atomic E-state index is 4.82. The van der Waals surface area contributed by atoms with Crippen LogP contribution in [0.2, 0.25) is 0 Å². The fourth-order valence-corrected chi connectivity index (χ4v) is 1.89. The molecule has 1 aliphatic heterocycles. The smallest absolute Gasteiger partial charge is 0.124 e. The summed E-state index contributed by atoms with van der Waals surface area (Å²) in [6, 6.07) is 2.51. The van der Waals surface area contributed by atoms with Gasteiger partial charge in [-0.15, -0.1) is 0 Å². The van der Waals surface area contributed by atoms with E-state index in [1.54, 1.807) is 6.26 Å². The first-order valence-corrected chi connectivity index (χ1v) is 5.19. The Labute approximate surface area is 84.3 Å². The molecule has 4 heteroatoms. The minimum atomic E-state index is 0.574. The summed E-state index contributed by atoms with van der Waals surface area (Å²) in [7, 11) is 0.